The number of aromatic nitrogens is 1. The number of alkyl halides is 3. The Bertz CT molecular complexity index is 546. The lowest BCUT2D eigenvalue weighted by Crippen LogP contribution is -2.07. The van der Waals surface area contributed by atoms with Crippen molar-refractivity contribution in [2.24, 2.45) is 0 Å². The molecule has 0 atom stereocenters. The number of hydrogen-bond acceptors (Lipinski definition) is 2. The van der Waals surface area contributed by atoms with Crippen LogP contribution in [0.2, 0.25) is 0 Å². The Kier molecular flexibility index (Phi) is 2.82. The Balaban J connectivity index is 2.64. The fraction of sp³-hybridized carbons (Fsp3) is 0.0909. The molecule has 3 N–H and O–H groups in total. The molecular formula is C11H9F3N2S. The second kappa shape index (κ2) is 4.03. The first-order chi connectivity index (χ1) is 7.91. The highest BCUT2D eigenvalue weighted by atomic mass is 32.1. The van der Waals surface area contributed by atoms with Crippen molar-refractivity contribution in [1.82, 2.24) is 4.98 Å². The molecule has 90 valence electrons. The molecule has 1 heterocycles. The SMILES string of the molecule is Nc1c(-c2ccccc2C(F)(F)F)c[nH]c1S. The van der Waals surface area contributed by atoms with E-state index in [-0.39, 0.29) is 11.3 Å². The normalized spacial score (nSPS) is 11.8. The van der Waals surface area contributed by atoms with Gasteiger partial charge in [-0.2, -0.15) is 13.2 Å². The van der Waals surface area contributed by atoms with E-state index in [1.54, 1.807) is 0 Å². The van der Waals surface area contributed by atoms with Gasteiger partial charge in [0.05, 0.1) is 16.3 Å². The minimum absolute atomic E-state index is 0.0500. The average molecular weight is 258 g/mol. The number of anilines is 1. The van der Waals surface area contributed by atoms with Crippen LogP contribution in [0, 0.1) is 0 Å². The Morgan fingerprint density at radius 1 is 1.12 bits per heavy atom. The Labute approximate surface area is 101 Å². The van der Waals surface area contributed by atoms with E-state index in [4.69, 9.17) is 5.73 Å². The largest absolute Gasteiger partial charge is 0.417 e. The molecule has 0 saturated carbocycles. The van der Waals surface area contributed by atoms with Crippen LogP contribution < -0.4 is 5.73 Å². The summed E-state index contributed by atoms with van der Waals surface area (Å²) in [6.45, 7) is 0. The molecule has 0 aliphatic rings. The van der Waals surface area contributed by atoms with E-state index >= 15 is 0 Å². The van der Waals surface area contributed by atoms with Crippen molar-refractivity contribution in [1.29, 1.82) is 0 Å². The molecule has 17 heavy (non-hydrogen) atoms. The maximum Gasteiger partial charge on any atom is 0.417 e. The van der Waals surface area contributed by atoms with E-state index in [1.165, 1.54) is 24.4 Å². The molecule has 0 radical (unpaired) electrons. The summed E-state index contributed by atoms with van der Waals surface area (Å²) in [5.41, 5.74) is 5.53. The van der Waals surface area contributed by atoms with E-state index in [1.807, 2.05) is 0 Å². The summed E-state index contributed by atoms with van der Waals surface area (Å²) in [4.78, 5) is 2.69. The number of aromatic amines is 1. The molecule has 0 bridgehead atoms. The van der Waals surface area contributed by atoms with E-state index in [0.29, 0.717) is 10.6 Å². The van der Waals surface area contributed by atoms with E-state index in [0.717, 1.165) is 6.07 Å². The maximum atomic E-state index is 12.8. The van der Waals surface area contributed by atoms with Crippen LogP contribution in [0.1, 0.15) is 5.56 Å². The summed E-state index contributed by atoms with van der Waals surface area (Å²) in [6.07, 6.45) is -2.99. The Hall–Kier alpha value is -1.56. The van der Waals surface area contributed by atoms with Gasteiger partial charge in [0, 0.05) is 11.8 Å². The fourth-order valence-electron chi connectivity index (χ4n) is 1.61. The number of H-pyrrole nitrogens is 1. The zero-order valence-corrected chi connectivity index (χ0v) is 9.44. The third-order valence-electron chi connectivity index (χ3n) is 2.42. The van der Waals surface area contributed by atoms with Gasteiger partial charge in [0.1, 0.15) is 0 Å². The number of thiol groups is 1. The van der Waals surface area contributed by atoms with Crippen LogP contribution in [-0.4, -0.2) is 4.98 Å². The smallest absolute Gasteiger partial charge is 0.396 e. The maximum absolute atomic E-state index is 12.8. The van der Waals surface area contributed by atoms with Gasteiger partial charge in [-0.05, 0) is 11.6 Å². The van der Waals surface area contributed by atoms with Crippen molar-refractivity contribution in [2.45, 2.75) is 11.2 Å². The van der Waals surface area contributed by atoms with Crippen LogP contribution in [0.5, 0.6) is 0 Å². The van der Waals surface area contributed by atoms with Crippen molar-refractivity contribution >= 4 is 18.3 Å². The molecule has 2 aromatic rings. The number of nitrogens with two attached hydrogens (primary N) is 1. The van der Waals surface area contributed by atoms with Crippen molar-refractivity contribution in [3.05, 3.63) is 36.0 Å². The van der Waals surface area contributed by atoms with Gasteiger partial charge in [0.15, 0.2) is 0 Å². The third-order valence-corrected chi connectivity index (χ3v) is 2.79. The highest BCUT2D eigenvalue weighted by Crippen LogP contribution is 2.39. The number of nitrogen functional groups attached to an aromatic ring is 1. The standard InChI is InChI=1S/C11H9F3N2S/c12-11(13,14)8-4-2-1-3-6(8)7-5-16-10(17)9(7)15/h1-5,16-17H,15H2. The zero-order valence-electron chi connectivity index (χ0n) is 8.55. The summed E-state index contributed by atoms with van der Waals surface area (Å²) in [7, 11) is 0. The van der Waals surface area contributed by atoms with Crippen LogP contribution in [0.3, 0.4) is 0 Å². The zero-order chi connectivity index (χ0) is 12.6. The molecule has 2 rings (SSSR count). The molecular weight excluding hydrogens is 249 g/mol. The topological polar surface area (TPSA) is 41.8 Å². The number of hydrogen-bond donors (Lipinski definition) is 3. The minimum atomic E-state index is -4.41. The summed E-state index contributed by atoms with van der Waals surface area (Å²) in [6, 6.07) is 5.29. The highest BCUT2D eigenvalue weighted by molar-refractivity contribution is 7.80. The molecule has 0 saturated heterocycles. The first-order valence-corrected chi connectivity index (χ1v) is 5.18. The summed E-state index contributed by atoms with van der Waals surface area (Å²) in [5, 5.41) is 0.358. The Morgan fingerprint density at radius 3 is 2.29 bits per heavy atom. The molecule has 0 spiro atoms. The van der Waals surface area contributed by atoms with Gasteiger partial charge in [0.2, 0.25) is 0 Å². The first kappa shape index (κ1) is 11.9. The number of halogens is 3. The molecule has 1 aromatic carbocycles. The molecule has 2 nitrogen and oxygen atoms in total. The lowest BCUT2D eigenvalue weighted by molar-refractivity contribution is -0.137. The number of nitrogens with one attached hydrogen (secondary N) is 1. The van der Waals surface area contributed by atoms with Crippen molar-refractivity contribution in [3.63, 3.8) is 0 Å². The lowest BCUT2D eigenvalue weighted by Gasteiger charge is -2.12. The van der Waals surface area contributed by atoms with Gasteiger partial charge >= 0.3 is 6.18 Å². The van der Waals surface area contributed by atoms with Crippen LogP contribution in [0.25, 0.3) is 11.1 Å². The van der Waals surface area contributed by atoms with E-state index in [9.17, 15) is 13.2 Å². The van der Waals surface area contributed by atoms with Gasteiger partial charge in [-0.1, -0.05) is 18.2 Å². The van der Waals surface area contributed by atoms with E-state index < -0.39 is 11.7 Å². The van der Waals surface area contributed by atoms with Crippen LogP contribution >= 0.6 is 12.6 Å². The van der Waals surface area contributed by atoms with Crippen LogP contribution in [0.4, 0.5) is 18.9 Å². The van der Waals surface area contributed by atoms with Crippen LogP contribution in [0.15, 0.2) is 35.5 Å². The third kappa shape index (κ3) is 2.12. The molecule has 0 unspecified atom stereocenters. The quantitative estimate of drug-likeness (QED) is 0.672. The van der Waals surface area contributed by atoms with Gasteiger partial charge in [0.25, 0.3) is 0 Å². The summed E-state index contributed by atoms with van der Waals surface area (Å²) < 4.78 is 38.4. The predicted octanol–water partition coefficient (Wildman–Crippen LogP) is 3.57. The highest BCUT2D eigenvalue weighted by Gasteiger charge is 2.33. The minimum Gasteiger partial charge on any atom is -0.396 e. The molecule has 0 aliphatic carbocycles. The van der Waals surface area contributed by atoms with Gasteiger partial charge in [-0.15, -0.1) is 12.6 Å². The van der Waals surface area contributed by atoms with Gasteiger partial charge < -0.3 is 10.7 Å². The first-order valence-electron chi connectivity index (χ1n) is 4.73. The average Bonchev–Trinajstić information content (AvgIpc) is 2.59. The molecule has 0 aliphatic heterocycles. The molecule has 0 amide bonds. The number of benzene rings is 1. The second-order valence-electron chi connectivity index (χ2n) is 3.51. The van der Waals surface area contributed by atoms with E-state index in [2.05, 4.69) is 17.6 Å². The van der Waals surface area contributed by atoms with Gasteiger partial charge in [-0.3, -0.25) is 0 Å². The monoisotopic (exact) mass is 258 g/mol. The predicted molar refractivity (Wildman–Crippen MR) is 62.9 cm³/mol. The molecule has 0 fully saturated rings. The summed E-state index contributed by atoms with van der Waals surface area (Å²) in [5.74, 6) is 0. The Morgan fingerprint density at radius 2 is 1.76 bits per heavy atom. The van der Waals surface area contributed by atoms with Crippen LogP contribution in [-0.2, 0) is 6.18 Å². The van der Waals surface area contributed by atoms with Crippen molar-refractivity contribution in [3.8, 4) is 11.1 Å². The van der Waals surface area contributed by atoms with Crippen molar-refractivity contribution in [2.75, 3.05) is 5.73 Å². The fourth-order valence-corrected chi connectivity index (χ4v) is 1.80. The number of rotatable bonds is 1. The summed E-state index contributed by atoms with van der Waals surface area (Å²) >= 11 is 4.01. The molecule has 6 heteroatoms. The van der Waals surface area contributed by atoms with Crippen molar-refractivity contribution < 1.29 is 13.2 Å². The van der Waals surface area contributed by atoms with Gasteiger partial charge in [-0.25, -0.2) is 0 Å². The molecule has 1 aromatic heterocycles. The lowest BCUT2D eigenvalue weighted by atomic mass is 10.0. The second-order valence-corrected chi connectivity index (χ2v) is 3.96.